The second kappa shape index (κ2) is 7.59. The molecule has 0 N–H and O–H groups in total. The van der Waals surface area contributed by atoms with Crippen LogP contribution in [0.15, 0.2) is 24.3 Å². The number of carbonyl (C=O) groups is 1. The molecule has 1 fully saturated rings. The third-order valence-electron chi connectivity index (χ3n) is 5.58. The average molecular weight is 342 g/mol. The van der Waals surface area contributed by atoms with Crippen LogP contribution in [0.1, 0.15) is 52.8 Å². The van der Waals surface area contributed by atoms with Crippen LogP contribution in [-0.4, -0.2) is 21.6 Å². The lowest BCUT2D eigenvalue weighted by Crippen LogP contribution is -2.36. The van der Waals surface area contributed by atoms with Crippen molar-refractivity contribution in [2.24, 2.45) is 17.8 Å². The molecule has 3 rings (SSSR count). The number of carbonyl (C=O) groups excluding carboxylic acids is 1. The number of imidazole rings is 1. The highest BCUT2D eigenvalue weighted by Gasteiger charge is 2.33. The molecule has 0 radical (unpaired) electrons. The molecule has 0 saturated heterocycles. The highest BCUT2D eigenvalue weighted by atomic mass is 16.5. The molecule has 136 valence electrons. The van der Waals surface area contributed by atoms with Crippen molar-refractivity contribution < 1.29 is 9.53 Å². The number of aromatic nitrogens is 2. The number of fused-ring (bicyclic) bond motifs is 1. The molecule has 2 aromatic rings. The smallest absolute Gasteiger partial charge is 0.326 e. The zero-order valence-electron chi connectivity index (χ0n) is 15.9. The minimum atomic E-state index is -0.136. The fourth-order valence-electron chi connectivity index (χ4n) is 4.16. The summed E-state index contributed by atoms with van der Waals surface area (Å²) in [7, 11) is 0. The number of ether oxygens (including phenoxy) is 1. The number of para-hydroxylation sites is 2. The van der Waals surface area contributed by atoms with Gasteiger partial charge in [0, 0.05) is 6.42 Å². The Bertz CT molecular complexity index is 735. The van der Waals surface area contributed by atoms with E-state index in [1.54, 1.807) is 0 Å². The van der Waals surface area contributed by atoms with Crippen LogP contribution in [0.4, 0.5) is 0 Å². The topological polar surface area (TPSA) is 44.1 Å². The van der Waals surface area contributed by atoms with E-state index in [9.17, 15) is 4.79 Å². The maximum absolute atomic E-state index is 12.7. The minimum absolute atomic E-state index is 0.0520. The van der Waals surface area contributed by atoms with E-state index in [2.05, 4.69) is 32.7 Å². The first kappa shape index (κ1) is 18.0. The number of hydrogen-bond acceptors (Lipinski definition) is 3. The predicted molar refractivity (Wildman–Crippen MR) is 100 cm³/mol. The van der Waals surface area contributed by atoms with E-state index in [0.29, 0.717) is 17.8 Å². The third kappa shape index (κ3) is 3.88. The van der Waals surface area contributed by atoms with Gasteiger partial charge in [-0.15, -0.1) is 0 Å². The Balaban J connectivity index is 1.76. The van der Waals surface area contributed by atoms with Gasteiger partial charge >= 0.3 is 5.97 Å². The normalized spacial score (nSPS) is 24.0. The summed E-state index contributed by atoms with van der Waals surface area (Å²) in [5, 5.41) is 0. The number of aryl methyl sites for hydroxylation is 1. The Labute approximate surface area is 150 Å². The lowest BCUT2D eigenvalue weighted by Gasteiger charge is -2.36. The van der Waals surface area contributed by atoms with Crippen LogP contribution >= 0.6 is 0 Å². The van der Waals surface area contributed by atoms with E-state index >= 15 is 0 Å². The lowest BCUT2D eigenvalue weighted by molar-refractivity contribution is -0.156. The van der Waals surface area contributed by atoms with Gasteiger partial charge < -0.3 is 9.30 Å². The van der Waals surface area contributed by atoms with Gasteiger partial charge in [-0.2, -0.15) is 0 Å². The van der Waals surface area contributed by atoms with Crippen molar-refractivity contribution in [1.29, 1.82) is 0 Å². The van der Waals surface area contributed by atoms with Crippen molar-refractivity contribution in [2.75, 3.05) is 0 Å². The molecule has 4 nitrogen and oxygen atoms in total. The van der Waals surface area contributed by atoms with Crippen molar-refractivity contribution in [3.05, 3.63) is 30.1 Å². The Morgan fingerprint density at radius 3 is 2.80 bits per heavy atom. The van der Waals surface area contributed by atoms with Crippen LogP contribution in [0, 0.1) is 17.8 Å². The van der Waals surface area contributed by atoms with Gasteiger partial charge in [0.25, 0.3) is 0 Å². The molecular formula is C21H30N2O2. The van der Waals surface area contributed by atoms with Gasteiger partial charge in [-0.3, -0.25) is 4.79 Å². The Kier molecular flexibility index (Phi) is 5.45. The molecule has 0 bridgehead atoms. The first-order chi connectivity index (χ1) is 12.0. The summed E-state index contributed by atoms with van der Waals surface area (Å²) in [4.78, 5) is 17.3. The van der Waals surface area contributed by atoms with Crippen molar-refractivity contribution in [3.63, 3.8) is 0 Å². The lowest BCUT2D eigenvalue weighted by atomic mass is 9.75. The predicted octanol–water partition coefficient (Wildman–Crippen LogP) is 4.60. The van der Waals surface area contributed by atoms with E-state index in [4.69, 9.17) is 4.74 Å². The average Bonchev–Trinajstić information content (AvgIpc) is 2.92. The van der Waals surface area contributed by atoms with Gasteiger partial charge in [0.15, 0.2) is 0 Å². The highest BCUT2D eigenvalue weighted by molar-refractivity contribution is 5.79. The Morgan fingerprint density at radius 1 is 1.32 bits per heavy atom. The van der Waals surface area contributed by atoms with Crippen molar-refractivity contribution in [2.45, 2.75) is 66.0 Å². The van der Waals surface area contributed by atoms with E-state index < -0.39 is 0 Å². The third-order valence-corrected chi connectivity index (χ3v) is 5.58. The summed E-state index contributed by atoms with van der Waals surface area (Å²) in [5.74, 6) is 2.46. The summed E-state index contributed by atoms with van der Waals surface area (Å²) >= 11 is 0. The summed E-state index contributed by atoms with van der Waals surface area (Å²) in [6, 6.07) is 7.99. The molecule has 0 amide bonds. The number of rotatable bonds is 5. The maximum Gasteiger partial charge on any atom is 0.326 e. The number of benzene rings is 1. The zero-order chi connectivity index (χ0) is 18.0. The fourth-order valence-corrected chi connectivity index (χ4v) is 4.16. The molecule has 1 aromatic carbocycles. The second-order valence-corrected chi connectivity index (χ2v) is 7.81. The van der Waals surface area contributed by atoms with Crippen molar-refractivity contribution >= 4 is 17.0 Å². The molecule has 3 atom stereocenters. The van der Waals surface area contributed by atoms with Gasteiger partial charge in [-0.25, -0.2) is 4.98 Å². The number of hydrogen-bond donors (Lipinski definition) is 0. The molecule has 2 unspecified atom stereocenters. The zero-order valence-corrected chi connectivity index (χ0v) is 15.9. The van der Waals surface area contributed by atoms with Crippen LogP contribution in [0.25, 0.3) is 11.0 Å². The van der Waals surface area contributed by atoms with Crippen LogP contribution < -0.4 is 0 Å². The fraction of sp³-hybridized carbons (Fsp3) is 0.619. The number of nitrogens with zero attached hydrogens (tertiary/aromatic N) is 2. The molecule has 4 heteroatoms. The second-order valence-electron chi connectivity index (χ2n) is 7.81. The van der Waals surface area contributed by atoms with Crippen LogP contribution in [0.2, 0.25) is 0 Å². The molecule has 1 saturated carbocycles. The van der Waals surface area contributed by atoms with Crippen molar-refractivity contribution in [1.82, 2.24) is 9.55 Å². The SMILES string of the molecule is CCc1nc2ccccc2n1CC(=O)OC1C[C@@H](C)CCC1C(C)C. The highest BCUT2D eigenvalue weighted by Crippen LogP contribution is 2.35. The first-order valence-corrected chi connectivity index (χ1v) is 9.63. The monoisotopic (exact) mass is 342 g/mol. The summed E-state index contributed by atoms with van der Waals surface area (Å²) in [5.41, 5.74) is 1.95. The molecule has 1 aliphatic rings. The first-order valence-electron chi connectivity index (χ1n) is 9.63. The quantitative estimate of drug-likeness (QED) is 0.746. The molecule has 1 aliphatic carbocycles. The van der Waals surface area contributed by atoms with E-state index in [1.807, 2.05) is 28.8 Å². The van der Waals surface area contributed by atoms with E-state index in [0.717, 1.165) is 36.1 Å². The maximum atomic E-state index is 12.7. The molecule has 1 aromatic heterocycles. The summed E-state index contributed by atoms with van der Waals surface area (Å²) < 4.78 is 7.98. The minimum Gasteiger partial charge on any atom is -0.461 e. The van der Waals surface area contributed by atoms with Crippen LogP contribution in [-0.2, 0) is 22.5 Å². The van der Waals surface area contributed by atoms with Gasteiger partial charge in [0.2, 0.25) is 0 Å². The van der Waals surface area contributed by atoms with Crippen LogP contribution in [0.3, 0.4) is 0 Å². The van der Waals surface area contributed by atoms with Gasteiger partial charge in [0.1, 0.15) is 18.5 Å². The largest absolute Gasteiger partial charge is 0.461 e. The van der Waals surface area contributed by atoms with Gasteiger partial charge in [0.05, 0.1) is 11.0 Å². The molecule has 1 heterocycles. The standard InChI is InChI=1S/C21H30N2O2/c1-5-20-22-17-8-6-7-9-18(17)23(20)13-21(24)25-19-12-15(4)10-11-16(19)14(2)3/h6-9,14-16,19H,5,10-13H2,1-4H3/t15-,16?,19?/m0/s1. The summed E-state index contributed by atoms with van der Waals surface area (Å²) in [6.45, 7) is 9.05. The summed E-state index contributed by atoms with van der Waals surface area (Å²) in [6.07, 6.45) is 4.24. The van der Waals surface area contributed by atoms with E-state index in [-0.39, 0.29) is 18.6 Å². The molecular weight excluding hydrogens is 312 g/mol. The van der Waals surface area contributed by atoms with E-state index in [1.165, 1.54) is 6.42 Å². The Hall–Kier alpha value is -1.84. The van der Waals surface area contributed by atoms with Gasteiger partial charge in [-0.1, -0.05) is 46.2 Å². The van der Waals surface area contributed by atoms with Gasteiger partial charge in [-0.05, 0) is 42.7 Å². The Morgan fingerprint density at radius 2 is 2.08 bits per heavy atom. The molecule has 0 aliphatic heterocycles. The number of esters is 1. The van der Waals surface area contributed by atoms with Crippen molar-refractivity contribution in [3.8, 4) is 0 Å². The van der Waals surface area contributed by atoms with Crippen LogP contribution in [0.5, 0.6) is 0 Å². The molecule has 0 spiro atoms. The molecule has 25 heavy (non-hydrogen) atoms.